The lowest BCUT2D eigenvalue weighted by atomic mass is 10.4. The van der Waals surface area contributed by atoms with Gasteiger partial charge >= 0.3 is 17.7 Å². The van der Waals surface area contributed by atoms with E-state index in [1.54, 1.807) is 27.7 Å². The van der Waals surface area contributed by atoms with Crippen LogP contribution >= 0.6 is 0 Å². The molecule has 0 aliphatic carbocycles. The summed E-state index contributed by atoms with van der Waals surface area (Å²) in [4.78, 5) is 23.4. The maximum Gasteiger partial charge on any atom is 0.311 e. The third-order valence-corrected chi connectivity index (χ3v) is 2.19. The molecule has 0 spiro atoms. The molecule has 0 aliphatic heterocycles. The molecule has 3 N–H and O–H groups in total. The molecule has 0 bridgehead atoms. The van der Waals surface area contributed by atoms with Crippen LogP contribution in [0.2, 0.25) is 0 Å². The van der Waals surface area contributed by atoms with Gasteiger partial charge in [-0.1, -0.05) is 0 Å². The molecule has 0 aromatic heterocycles. The number of nitrogens with two attached hydrogens (primary N) is 1. The van der Waals surface area contributed by atoms with Crippen LogP contribution in [0.1, 0.15) is 27.7 Å². The minimum absolute atomic E-state index is 0.153. The van der Waals surface area contributed by atoms with Gasteiger partial charge in [0, 0.05) is 26.4 Å². The summed E-state index contributed by atoms with van der Waals surface area (Å²) in [5.41, 5.74) is 5.73. The van der Waals surface area contributed by atoms with Crippen molar-refractivity contribution in [1.82, 2.24) is 5.32 Å². The maximum atomic E-state index is 12.2. The van der Waals surface area contributed by atoms with Gasteiger partial charge in [-0.25, -0.2) is 0 Å². The van der Waals surface area contributed by atoms with Crippen molar-refractivity contribution in [2.45, 2.75) is 39.5 Å². The summed E-state index contributed by atoms with van der Waals surface area (Å²) in [5, 5.41) is 2.27. The number of ether oxygens (including phenoxy) is 4. The van der Waals surface area contributed by atoms with E-state index < -0.39 is 17.7 Å². The van der Waals surface area contributed by atoms with Crippen molar-refractivity contribution in [2.75, 3.05) is 26.4 Å². The van der Waals surface area contributed by atoms with E-state index in [0.717, 1.165) is 0 Å². The Labute approximate surface area is 118 Å². The molecule has 0 aromatic carbocycles. The van der Waals surface area contributed by atoms with Gasteiger partial charge in [-0.3, -0.25) is 20.6 Å². The molecule has 0 heterocycles. The lowest BCUT2D eigenvalue weighted by Gasteiger charge is -2.33. The number of rotatable bonds is 11. The predicted molar refractivity (Wildman–Crippen MR) is 70.4 cm³/mol. The Balaban J connectivity index is 5.08. The van der Waals surface area contributed by atoms with Crippen molar-refractivity contribution in [3.8, 4) is 0 Å². The van der Waals surface area contributed by atoms with Crippen LogP contribution in [-0.2, 0) is 28.5 Å². The lowest BCUT2D eigenvalue weighted by molar-refractivity contribution is -0.253. The van der Waals surface area contributed by atoms with E-state index in [4.69, 9.17) is 24.7 Å². The fourth-order valence-corrected chi connectivity index (χ4v) is 1.49. The summed E-state index contributed by atoms with van der Waals surface area (Å²) < 4.78 is 20.5. The number of carbonyl (C=O) groups is 2. The Hall–Kier alpha value is -1.06. The first kappa shape index (κ1) is 18.9. The van der Waals surface area contributed by atoms with Crippen LogP contribution in [0.15, 0.2) is 0 Å². The van der Waals surface area contributed by atoms with Gasteiger partial charge in [0.1, 0.15) is 0 Å². The van der Waals surface area contributed by atoms with Gasteiger partial charge in [0.25, 0.3) is 0 Å². The fourth-order valence-electron chi connectivity index (χ4n) is 1.49. The quantitative estimate of drug-likeness (QED) is 0.398. The minimum atomic E-state index is -2.01. The Bertz CT molecular complexity index is 298. The average Bonchev–Trinajstić information content (AvgIpc) is 2.39. The highest BCUT2D eigenvalue weighted by Gasteiger charge is 2.43. The van der Waals surface area contributed by atoms with E-state index in [9.17, 15) is 9.59 Å². The molecule has 1 amide bonds. The summed E-state index contributed by atoms with van der Waals surface area (Å²) in [6.07, 6.45) is 0.343. The molecule has 8 heteroatoms. The molecule has 0 saturated heterocycles. The molecule has 0 aliphatic rings. The number of hydrogen-bond acceptors (Lipinski definition) is 7. The molecule has 8 nitrogen and oxygen atoms in total. The van der Waals surface area contributed by atoms with E-state index in [0.29, 0.717) is 6.29 Å². The third-order valence-electron chi connectivity index (χ3n) is 2.19. The largest absolute Gasteiger partial charge is 0.330 e. The monoisotopic (exact) mass is 292 g/mol. The van der Waals surface area contributed by atoms with Crippen LogP contribution < -0.4 is 11.1 Å². The molecule has 0 fully saturated rings. The van der Waals surface area contributed by atoms with Gasteiger partial charge < -0.3 is 18.9 Å². The molecule has 0 saturated carbocycles. The SMILES string of the molecule is CCOC(C=O)(NC(=O)C(N)(OCC)OCC)OCC. The van der Waals surface area contributed by atoms with E-state index in [1.165, 1.54) is 0 Å². The van der Waals surface area contributed by atoms with Crippen molar-refractivity contribution >= 4 is 12.2 Å². The second-order valence-electron chi connectivity index (χ2n) is 3.64. The van der Waals surface area contributed by atoms with Gasteiger partial charge in [0.05, 0.1) is 0 Å². The van der Waals surface area contributed by atoms with Crippen LogP contribution in [0.5, 0.6) is 0 Å². The first-order chi connectivity index (χ1) is 9.43. The zero-order valence-electron chi connectivity index (χ0n) is 12.4. The summed E-state index contributed by atoms with van der Waals surface area (Å²) in [6, 6.07) is 0. The minimum Gasteiger partial charge on any atom is -0.330 e. The Morgan fingerprint density at radius 2 is 1.40 bits per heavy atom. The van der Waals surface area contributed by atoms with Gasteiger partial charge in [-0.2, -0.15) is 0 Å². The van der Waals surface area contributed by atoms with E-state index in [1.807, 2.05) is 0 Å². The van der Waals surface area contributed by atoms with Crippen molar-refractivity contribution in [2.24, 2.45) is 5.73 Å². The molecule has 0 aromatic rings. The van der Waals surface area contributed by atoms with Crippen LogP contribution in [0.3, 0.4) is 0 Å². The smallest absolute Gasteiger partial charge is 0.311 e. The number of carbonyl (C=O) groups excluding carboxylic acids is 2. The number of nitrogens with one attached hydrogen (secondary N) is 1. The van der Waals surface area contributed by atoms with Crippen LogP contribution in [-0.4, -0.2) is 50.4 Å². The zero-order valence-corrected chi connectivity index (χ0v) is 12.4. The first-order valence-electron chi connectivity index (χ1n) is 6.57. The standard InChI is InChI=1S/C12H24N2O6/c1-5-17-11(9-15,18-6-2)14-10(16)12(13,19-7-3)20-8-4/h9H,5-8,13H2,1-4H3,(H,14,16). The van der Waals surface area contributed by atoms with Crippen molar-refractivity contribution < 1.29 is 28.5 Å². The van der Waals surface area contributed by atoms with Gasteiger partial charge in [-0.05, 0) is 27.7 Å². The normalized spacial score (nSPS) is 12.2. The molecular formula is C12H24N2O6. The van der Waals surface area contributed by atoms with E-state index in [2.05, 4.69) is 5.32 Å². The molecule has 0 atom stereocenters. The zero-order chi connectivity index (χ0) is 15.6. The summed E-state index contributed by atoms with van der Waals surface area (Å²) in [6.45, 7) is 7.24. The second kappa shape index (κ2) is 8.98. The molecule has 20 heavy (non-hydrogen) atoms. The van der Waals surface area contributed by atoms with Gasteiger partial charge in [-0.15, -0.1) is 0 Å². The molecule has 118 valence electrons. The topological polar surface area (TPSA) is 109 Å². The summed E-state index contributed by atoms with van der Waals surface area (Å²) in [5.74, 6) is -4.78. The average molecular weight is 292 g/mol. The molecule has 0 unspecified atom stereocenters. The highest BCUT2D eigenvalue weighted by Crippen LogP contribution is 2.12. The van der Waals surface area contributed by atoms with E-state index in [-0.39, 0.29) is 26.4 Å². The molecular weight excluding hydrogens is 268 g/mol. The highest BCUT2D eigenvalue weighted by molar-refractivity contribution is 5.86. The van der Waals surface area contributed by atoms with Crippen molar-refractivity contribution in [3.63, 3.8) is 0 Å². The lowest BCUT2D eigenvalue weighted by Crippen LogP contribution is -2.65. The summed E-state index contributed by atoms with van der Waals surface area (Å²) in [7, 11) is 0. The summed E-state index contributed by atoms with van der Waals surface area (Å²) >= 11 is 0. The van der Waals surface area contributed by atoms with Crippen LogP contribution in [0.25, 0.3) is 0 Å². The number of amides is 1. The van der Waals surface area contributed by atoms with Crippen LogP contribution in [0.4, 0.5) is 0 Å². The van der Waals surface area contributed by atoms with E-state index >= 15 is 0 Å². The first-order valence-corrected chi connectivity index (χ1v) is 6.57. The van der Waals surface area contributed by atoms with Gasteiger partial charge in [0.15, 0.2) is 0 Å². The Morgan fingerprint density at radius 3 is 1.70 bits per heavy atom. The number of hydrogen-bond donors (Lipinski definition) is 2. The number of aldehydes is 1. The fraction of sp³-hybridized carbons (Fsp3) is 0.833. The van der Waals surface area contributed by atoms with Crippen LogP contribution in [0, 0.1) is 0 Å². The van der Waals surface area contributed by atoms with Crippen molar-refractivity contribution in [1.29, 1.82) is 0 Å². The maximum absolute atomic E-state index is 12.2. The van der Waals surface area contributed by atoms with Gasteiger partial charge in [0.2, 0.25) is 6.29 Å². The highest BCUT2D eigenvalue weighted by atomic mass is 16.7. The molecule has 0 rings (SSSR count). The Kier molecular flexibility index (Phi) is 8.51. The predicted octanol–water partition coefficient (Wildman–Crippen LogP) is -0.286. The molecule has 0 radical (unpaired) electrons. The van der Waals surface area contributed by atoms with Crippen molar-refractivity contribution in [3.05, 3.63) is 0 Å². The second-order valence-corrected chi connectivity index (χ2v) is 3.64. The third kappa shape index (κ3) is 5.14. The Morgan fingerprint density at radius 1 is 1.00 bits per heavy atom.